The van der Waals surface area contributed by atoms with E-state index in [1.54, 1.807) is 14.0 Å². The number of benzene rings is 1. The SMILES string of the molecule is COC[C@H](C)NC(=O)Nc1ccc(F)c(Cl)c1. The quantitative estimate of drug-likeness (QED) is 0.874. The van der Waals surface area contributed by atoms with E-state index in [0.717, 1.165) is 0 Å². The van der Waals surface area contributed by atoms with E-state index in [2.05, 4.69) is 10.6 Å². The summed E-state index contributed by atoms with van der Waals surface area (Å²) >= 11 is 5.59. The summed E-state index contributed by atoms with van der Waals surface area (Å²) in [4.78, 5) is 11.5. The van der Waals surface area contributed by atoms with Gasteiger partial charge < -0.3 is 15.4 Å². The van der Waals surface area contributed by atoms with Gasteiger partial charge in [-0.25, -0.2) is 9.18 Å². The molecule has 4 nitrogen and oxygen atoms in total. The Morgan fingerprint density at radius 1 is 1.59 bits per heavy atom. The van der Waals surface area contributed by atoms with E-state index in [4.69, 9.17) is 16.3 Å². The van der Waals surface area contributed by atoms with Gasteiger partial charge >= 0.3 is 6.03 Å². The second kappa shape index (κ2) is 6.42. The summed E-state index contributed by atoms with van der Waals surface area (Å²) in [6, 6.07) is 3.46. The van der Waals surface area contributed by atoms with Crippen molar-refractivity contribution in [2.75, 3.05) is 19.0 Å². The number of halogens is 2. The van der Waals surface area contributed by atoms with Crippen LogP contribution in [0.25, 0.3) is 0 Å². The van der Waals surface area contributed by atoms with E-state index in [-0.39, 0.29) is 11.1 Å². The summed E-state index contributed by atoms with van der Waals surface area (Å²) in [5.41, 5.74) is 0.429. The highest BCUT2D eigenvalue weighted by atomic mass is 35.5. The molecule has 0 aliphatic rings. The molecule has 0 bridgehead atoms. The first-order chi connectivity index (χ1) is 8.02. The summed E-state index contributed by atoms with van der Waals surface area (Å²) in [7, 11) is 1.55. The second-order valence-corrected chi connectivity index (χ2v) is 3.99. The van der Waals surface area contributed by atoms with Crippen molar-refractivity contribution in [2.45, 2.75) is 13.0 Å². The average Bonchev–Trinajstić information content (AvgIpc) is 2.23. The molecule has 1 aromatic rings. The molecule has 0 saturated carbocycles. The third-order valence-corrected chi connectivity index (χ3v) is 2.26. The number of ether oxygens (including phenoxy) is 1. The van der Waals surface area contributed by atoms with Gasteiger partial charge in [-0.3, -0.25) is 0 Å². The molecular formula is C11H14ClFN2O2. The number of anilines is 1. The van der Waals surface area contributed by atoms with Crippen LogP contribution in [0.15, 0.2) is 18.2 Å². The maximum Gasteiger partial charge on any atom is 0.319 e. The van der Waals surface area contributed by atoms with Crippen molar-refractivity contribution in [3.05, 3.63) is 29.0 Å². The number of amides is 2. The number of nitrogens with one attached hydrogen (secondary N) is 2. The molecule has 0 aliphatic heterocycles. The van der Waals surface area contributed by atoms with Gasteiger partial charge in [0.1, 0.15) is 5.82 Å². The topological polar surface area (TPSA) is 50.4 Å². The van der Waals surface area contributed by atoms with E-state index in [1.165, 1.54) is 18.2 Å². The van der Waals surface area contributed by atoms with Crippen LogP contribution in [-0.4, -0.2) is 25.8 Å². The molecule has 0 unspecified atom stereocenters. The Labute approximate surface area is 104 Å². The van der Waals surface area contributed by atoms with Crippen LogP contribution in [0.2, 0.25) is 5.02 Å². The minimum absolute atomic E-state index is 0.0345. The Morgan fingerprint density at radius 3 is 2.88 bits per heavy atom. The zero-order valence-electron chi connectivity index (χ0n) is 9.59. The smallest absolute Gasteiger partial charge is 0.319 e. The molecule has 94 valence electrons. The molecule has 0 heterocycles. The largest absolute Gasteiger partial charge is 0.383 e. The summed E-state index contributed by atoms with van der Waals surface area (Å²) in [6.07, 6.45) is 0. The van der Waals surface area contributed by atoms with Gasteiger partial charge in [-0.15, -0.1) is 0 Å². The van der Waals surface area contributed by atoms with Crippen molar-refractivity contribution in [2.24, 2.45) is 0 Å². The van der Waals surface area contributed by atoms with Crippen LogP contribution in [0.3, 0.4) is 0 Å². The summed E-state index contributed by atoms with van der Waals surface area (Å²) in [5.74, 6) is -0.523. The Balaban J connectivity index is 2.53. The van der Waals surface area contributed by atoms with Crippen molar-refractivity contribution in [1.82, 2.24) is 5.32 Å². The number of hydrogen-bond acceptors (Lipinski definition) is 2. The standard InChI is InChI=1S/C11H14ClFN2O2/c1-7(6-17-2)14-11(16)15-8-3-4-10(13)9(12)5-8/h3-5,7H,6H2,1-2H3,(H2,14,15,16)/t7-/m0/s1. The molecule has 0 saturated heterocycles. The van der Waals surface area contributed by atoms with Crippen LogP contribution in [0.4, 0.5) is 14.9 Å². The lowest BCUT2D eigenvalue weighted by atomic mass is 10.3. The molecular weight excluding hydrogens is 247 g/mol. The van der Waals surface area contributed by atoms with Gasteiger partial charge in [0.05, 0.1) is 17.7 Å². The number of rotatable bonds is 4. The molecule has 0 aliphatic carbocycles. The highest BCUT2D eigenvalue weighted by Crippen LogP contribution is 2.19. The van der Waals surface area contributed by atoms with E-state index in [0.29, 0.717) is 12.3 Å². The van der Waals surface area contributed by atoms with Crippen LogP contribution in [-0.2, 0) is 4.74 Å². The molecule has 0 fully saturated rings. The van der Waals surface area contributed by atoms with Gasteiger partial charge in [0.15, 0.2) is 0 Å². The molecule has 6 heteroatoms. The highest BCUT2D eigenvalue weighted by Gasteiger charge is 2.08. The number of urea groups is 1. The minimum atomic E-state index is -0.523. The van der Waals surface area contributed by atoms with Crippen LogP contribution in [0.5, 0.6) is 0 Å². The van der Waals surface area contributed by atoms with Crippen molar-refractivity contribution >= 4 is 23.3 Å². The third kappa shape index (κ3) is 4.58. The number of carbonyl (C=O) groups is 1. The molecule has 1 rings (SSSR count). The lowest BCUT2D eigenvalue weighted by Crippen LogP contribution is -2.38. The lowest BCUT2D eigenvalue weighted by molar-refractivity contribution is 0.173. The van der Waals surface area contributed by atoms with Gasteiger partial charge in [0.2, 0.25) is 0 Å². The predicted octanol–water partition coefficient (Wildman–Crippen LogP) is 2.64. The normalized spacial score (nSPS) is 12.0. The molecule has 1 aromatic carbocycles. The Morgan fingerprint density at radius 2 is 2.29 bits per heavy atom. The maximum atomic E-state index is 12.9. The van der Waals surface area contributed by atoms with Crippen LogP contribution < -0.4 is 10.6 Å². The van der Waals surface area contributed by atoms with Crippen LogP contribution in [0.1, 0.15) is 6.92 Å². The van der Waals surface area contributed by atoms with Gasteiger partial charge in [0.25, 0.3) is 0 Å². The Hall–Kier alpha value is -1.33. The predicted molar refractivity (Wildman–Crippen MR) is 64.9 cm³/mol. The zero-order valence-corrected chi connectivity index (χ0v) is 10.3. The molecule has 0 radical (unpaired) electrons. The maximum absolute atomic E-state index is 12.9. The number of hydrogen-bond donors (Lipinski definition) is 2. The first kappa shape index (κ1) is 13.7. The van der Waals surface area contributed by atoms with Crippen LogP contribution in [0, 0.1) is 5.82 Å². The first-order valence-electron chi connectivity index (χ1n) is 5.04. The molecule has 17 heavy (non-hydrogen) atoms. The van der Waals surface area contributed by atoms with Crippen molar-refractivity contribution in [1.29, 1.82) is 0 Å². The average molecular weight is 261 g/mol. The molecule has 2 N–H and O–H groups in total. The number of methoxy groups -OCH3 is 1. The zero-order chi connectivity index (χ0) is 12.8. The summed E-state index contributed by atoms with van der Waals surface area (Å²) in [5, 5.41) is 5.16. The van der Waals surface area contributed by atoms with Crippen molar-refractivity contribution in [3.63, 3.8) is 0 Å². The van der Waals surface area contributed by atoms with Gasteiger partial charge in [-0.05, 0) is 25.1 Å². The molecule has 0 spiro atoms. The fourth-order valence-electron chi connectivity index (χ4n) is 1.26. The van der Waals surface area contributed by atoms with Gasteiger partial charge in [-0.2, -0.15) is 0 Å². The van der Waals surface area contributed by atoms with Crippen molar-refractivity contribution < 1.29 is 13.9 Å². The van der Waals surface area contributed by atoms with E-state index >= 15 is 0 Å². The van der Waals surface area contributed by atoms with Gasteiger partial charge in [-0.1, -0.05) is 11.6 Å². The van der Waals surface area contributed by atoms with E-state index in [1.807, 2.05) is 0 Å². The number of carbonyl (C=O) groups excluding carboxylic acids is 1. The van der Waals surface area contributed by atoms with E-state index in [9.17, 15) is 9.18 Å². The van der Waals surface area contributed by atoms with Crippen LogP contribution >= 0.6 is 11.6 Å². The fraction of sp³-hybridized carbons (Fsp3) is 0.364. The second-order valence-electron chi connectivity index (χ2n) is 3.58. The summed E-state index contributed by atoms with van der Waals surface area (Å²) in [6.45, 7) is 2.22. The molecule has 1 atom stereocenters. The molecule has 0 aromatic heterocycles. The highest BCUT2D eigenvalue weighted by molar-refractivity contribution is 6.31. The van der Waals surface area contributed by atoms with E-state index < -0.39 is 11.8 Å². The Bertz CT molecular complexity index is 401. The van der Waals surface area contributed by atoms with Gasteiger partial charge in [0, 0.05) is 12.8 Å². The first-order valence-corrected chi connectivity index (χ1v) is 5.42. The third-order valence-electron chi connectivity index (χ3n) is 1.97. The minimum Gasteiger partial charge on any atom is -0.383 e. The fourth-order valence-corrected chi connectivity index (χ4v) is 1.44. The Kier molecular flexibility index (Phi) is 5.18. The molecule has 2 amide bonds. The lowest BCUT2D eigenvalue weighted by Gasteiger charge is -2.13. The monoisotopic (exact) mass is 260 g/mol. The summed E-state index contributed by atoms with van der Waals surface area (Å²) < 4.78 is 17.7. The van der Waals surface area contributed by atoms with Crippen molar-refractivity contribution in [3.8, 4) is 0 Å².